The maximum absolute atomic E-state index is 12.9. The van der Waals surface area contributed by atoms with Gasteiger partial charge in [0, 0.05) is 43.6 Å². The molecule has 112 valence electrons. The Morgan fingerprint density at radius 3 is 2.86 bits per heavy atom. The summed E-state index contributed by atoms with van der Waals surface area (Å²) < 4.78 is 14.8. The van der Waals surface area contributed by atoms with E-state index in [2.05, 4.69) is 21.5 Å². The van der Waals surface area contributed by atoms with Crippen molar-refractivity contribution in [1.82, 2.24) is 14.7 Å². The number of rotatable bonds is 4. The van der Waals surface area contributed by atoms with Crippen LogP contribution in [0.2, 0.25) is 0 Å². The van der Waals surface area contributed by atoms with Gasteiger partial charge in [-0.05, 0) is 43.7 Å². The number of benzene rings is 1. The quantitative estimate of drug-likeness (QED) is 0.939. The number of halogens is 1. The molecule has 1 aromatic heterocycles. The Bertz CT molecular complexity index is 578. The van der Waals surface area contributed by atoms with Crippen LogP contribution in [0, 0.1) is 5.82 Å². The zero-order valence-electron chi connectivity index (χ0n) is 12.3. The number of nitrogens with one attached hydrogen (secondary N) is 1. The predicted molar refractivity (Wildman–Crippen MR) is 81.5 cm³/mol. The van der Waals surface area contributed by atoms with Crippen LogP contribution >= 0.6 is 0 Å². The lowest BCUT2D eigenvalue weighted by molar-refractivity contribution is 0.208. The standard InChI is InChI=1S/C16H21FN4/c1-20-10-13(9-18-20)11-21-8-2-3-16(12-21)19-15-6-4-14(17)5-7-15/h4-7,9-10,16,19H,2-3,8,11-12H2,1H3. The Hall–Kier alpha value is -1.88. The topological polar surface area (TPSA) is 33.1 Å². The van der Waals surface area contributed by atoms with Crippen molar-refractivity contribution >= 4 is 5.69 Å². The summed E-state index contributed by atoms with van der Waals surface area (Å²) in [5.74, 6) is -0.192. The minimum absolute atomic E-state index is 0.192. The fourth-order valence-corrected chi connectivity index (χ4v) is 2.91. The molecule has 21 heavy (non-hydrogen) atoms. The van der Waals surface area contributed by atoms with Gasteiger partial charge in [-0.3, -0.25) is 9.58 Å². The summed E-state index contributed by atoms with van der Waals surface area (Å²) >= 11 is 0. The first-order valence-corrected chi connectivity index (χ1v) is 7.41. The van der Waals surface area contributed by atoms with E-state index in [0.29, 0.717) is 6.04 Å². The van der Waals surface area contributed by atoms with Crippen LogP contribution in [0.5, 0.6) is 0 Å². The molecule has 0 bridgehead atoms. The van der Waals surface area contributed by atoms with Crippen LogP contribution in [0.4, 0.5) is 10.1 Å². The normalized spacial score (nSPS) is 19.6. The highest BCUT2D eigenvalue weighted by Gasteiger charge is 2.20. The average molecular weight is 288 g/mol. The van der Waals surface area contributed by atoms with Crippen molar-refractivity contribution in [3.8, 4) is 0 Å². The largest absolute Gasteiger partial charge is 0.381 e. The molecule has 4 nitrogen and oxygen atoms in total. The summed E-state index contributed by atoms with van der Waals surface area (Å²) in [6.07, 6.45) is 6.33. The van der Waals surface area contributed by atoms with Crippen LogP contribution in [-0.2, 0) is 13.6 Å². The Kier molecular flexibility index (Phi) is 4.20. The number of anilines is 1. The van der Waals surface area contributed by atoms with Gasteiger partial charge in [-0.2, -0.15) is 5.10 Å². The third-order valence-electron chi connectivity index (χ3n) is 3.89. The van der Waals surface area contributed by atoms with Crippen LogP contribution in [0.1, 0.15) is 18.4 Å². The monoisotopic (exact) mass is 288 g/mol. The molecule has 1 atom stereocenters. The number of likely N-dealkylation sites (tertiary alicyclic amines) is 1. The molecule has 1 fully saturated rings. The van der Waals surface area contributed by atoms with Crippen LogP contribution in [0.25, 0.3) is 0 Å². The van der Waals surface area contributed by atoms with Crippen molar-refractivity contribution in [3.63, 3.8) is 0 Å². The van der Waals surface area contributed by atoms with Crippen molar-refractivity contribution in [2.24, 2.45) is 7.05 Å². The molecular formula is C16H21FN4. The van der Waals surface area contributed by atoms with Crippen LogP contribution in [0.3, 0.4) is 0 Å². The van der Waals surface area contributed by atoms with Gasteiger partial charge in [0.05, 0.1) is 6.20 Å². The predicted octanol–water partition coefficient (Wildman–Crippen LogP) is 2.64. The molecule has 1 aliphatic rings. The fraction of sp³-hybridized carbons (Fsp3) is 0.438. The summed E-state index contributed by atoms with van der Waals surface area (Å²) in [4.78, 5) is 2.45. The maximum atomic E-state index is 12.9. The highest BCUT2D eigenvalue weighted by molar-refractivity contribution is 5.43. The first-order valence-electron chi connectivity index (χ1n) is 7.41. The number of hydrogen-bond donors (Lipinski definition) is 1. The third kappa shape index (κ3) is 3.82. The first-order chi connectivity index (χ1) is 10.2. The molecule has 0 spiro atoms. The first kappa shape index (κ1) is 14.1. The van der Waals surface area contributed by atoms with Gasteiger partial charge in [-0.15, -0.1) is 0 Å². The minimum Gasteiger partial charge on any atom is -0.381 e. The molecule has 0 aliphatic carbocycles. The van der Waals surface area contributed by atoms with Crippen LogP contribution < -0.4 is 5.32 Å². The second-order valence-corrected chi connectivity index (χ2v) is 5.75. The SMILES string of the molecule is Cn1cc(CN2CCCC(Nc3ccc(F)cc3)C2)cn1. The number of aryl methyl sites for hydroxylation is 1. The molecule has 1 saturated heterocycles. The number of hydrogen-bond acceptors (Lipinski definition) is 3. The van der Waals surface area contributed by atoms with Gasteiger partial charge >= 0.3 is 0 Å². The summed E-state index contributed by atoms with van der Waals surface area (Å²) in [7, 11) is 1.94. The van der Waals surface area contributed by atoms with E-state index >= 15 is 0 Å². The number of piperidine rings is 1. The molecule has 2 aromatic rings. The average Bonchev–Trinajstić information content (AvgIpc) is 2.87. The molecule has 2 heterocycles. The Morgan fingerprint density at radius 1 is 1.33 bits per heavy atom. The van der Waals surface area contributed by atoms with Crippen molar-refractivity contribution in [2.75, 3.05) is 18.4 Å². The minimum atomic E-state index is -0.192. The highest BCUT2D eigenvalue weighted by Crippen LogP contribution is 2.18. The number of nitrogens with zero attached hydrogens (tertiary/aromatic N) is 3. The lowest BCUT2D eigenvalue weighted by Gasteiger charge is -2.33. The highest BCUT2D eigenvalue weighted by atomic mass is 19.1. The lowest BCUT2D eigenvalue weighted by atomic mass is 10.0. The second-order valence-electron chi connectivity index (χ2n) is 5.75. The van der Waals surface area contributed by atoms with E-state index in [0.717, 1.165) is 31.7 Å². The van der Waals surface area contributed by atoms with Crippen molar-refractivity contribution in [2.45, 2.75) is 25.4 Å². The Labute approximate surface area is 124 Å². The molecule has 1 aliphatic heterocycles. The maximum Gasteiger partial charge on any atom is 0.123 e. The lowest BCUT2D eigenvalue weighted by Crippen LogP contribution is -2.41. The molecule has 1 aromatic carbocycles. The number of aromatic nitrogens is 2. The van der Waals surface area contributed by atoms with Gasteiger partial charge in [-0.25, -0.2) is 4.39 Å². The fourth-order valence-electron chi connectivity index (χ4n) is 2.91. The summed E-state index contributed by atoms with van der Waals surface area (Å²) in [6.45, 7) is 3.07. The van der Waals surface area contributed by atoms with E-state index in [1.165, 1.54) is 24.1 Å². The molecule has 0 radical (unpaired) electrons. The molecule has 1 N–H and O–H groups in total. The second kappa shape index (κ2) is 6.26. The molecular weight excluding hydrogens is 267 g/mol. The van der Waals surface area contributed by atoms with Gasteiger partial charge < -0.3 is 5.32 Å². The zero-order chi connectivity index (χ0) is 14.7. The molecule has 0 amide bonds. The van der Waals surface area contributed by atoms with E-state index in [1.807, 2.05) is 17.9 Å². The van der Waals surface area contributed by atoms with Crippen molar-refractivity contribution in [1.29, 1.82) is 0 Å². The van der Waals surface area contributed by atoms with Crippen molar-refractivity contribution in [3.05, 3.63) is 48.0 Å². The van der Waals surface area contributed by atoms with E-state index in [4.69, 9.17) is 0 Å². The van der Waals surface area contributed by atoms with Crippen molar-refractivity contribution < 1.29 is 4.39 Å². The summed E-state index contributed by atoms with van der Waals surface area (Å²) in [6, 6.07) is 7.02. The van der Waals surface area contributed by atoms with Gasteiger partial charge in [0.1, 0.15) is 5.82 Å². The third-order valence-corrected chi connectivity index (χ3v) is 3.89. The van der Waals surface area contributed by atoms with E-state index in [9.17, 15) is 4.39 Å². The van der Waals surface area contributed by atoms with Gasteiger partial charge in [0.15, 0.2) is 0 Å². The van der Waals surface area contributed by atoms with E-state index in [-0.39, 0.29) is 5.82 Å². The van der Waals surface area contributed by atoms with Gasteiger partial charge in [-0.1, -0.05) is 0 Å². The van der Waals surface area contributed by atoms with Gasteiger partial charge in [0.25, 0.3) is 0 Å². The molecule has 0 saturated carbocycles. The molecule has 5 heteroatoms. The van der Waals surface area contributed by atoms with Crippen LogP contribution in [-0.4, -0.2) is 33.8 Å². The molecule has 3 rings (SSSR count). The van der Waals surface area contributed by atoms with Crippen LogP contribution in [0.15, 0.2) is 36.7 Å². The van der Waals surface area contributed by atoms with Gasteiger partial charge in [0.2, 0.25) is 0 Å². The van der Waals surface area contributed by atoms with E-state index < -0.39 is 0 Å². The Morgan fingerprint density at radius 2 is 2.14 bits per heavy atom. The molecule has 1 unspecified atom stereocenters. The summed E-state index contributed by atoms with van der Waals surface area (Å²) in [5, 5.41) is 7.72. The Balaban J connectivity index is 1.56. The summed E-state index contributed by atoms with van der Waals surface area (Å²) in [5.41, 5.74) is 2.24. The smallest absolute Gasteiger partial charge is 0.123 e. The zero-order valence-corrected chi connectivity index (χ0v) is 12.3. The van der Waals surface area contributed by atoms with E-state index in [1.54, 1.807) is 12.1 Å².